The van der Waals surface area contributed by atoms with Gasteiger partial charge >= 0.3 is 11.9 Å². The standard InChI is InChI=1S/C18H14F2N2O7/c1-3-29-17(24)10-4-9(5-11(6-10)22(26)27)16(23)21-15-7-12(18(25)28-2)13(19)8-14(15)20/h4-8H,3H2,1-2H3,(H,21,23). The molecule has 152 valence electrons. The summed E-state index contributed by atoms with van der Waals surface area (Å²) in [5, 5.41) is 13.2. The van der Waals surface area contributed by atoms with Gasteiger partial charge in [0.15, 0.2) is 0 Å². The summed E-state index contributed by atoms with van der Waals surface area (Å²) in [6.07, 6.45) is 0. The number of halogens is 2. The zero-order valence-electron chi connectivity index (χ0n) is 15.2. The Balaban J connectivity index is 2.44. The molecule has 0 saturated heterocycles. The third-order valence-corrected chi connectivity index (χ3v) is 3.61. The number of ether oxygens (including phenoxy) is 2. The second-order valence-electron chi connectivity index (χ2n) is 5.50. The Hall–Kier alpha value is -3.89. The van der Waals surface area contributed by atoms with Gasteiger partial charge in [0.25, 0.3) is 11.6 Å². The average molecular weight is 408 g/mol. The zero-order chi connectivity index (χ0) is 21.7. The number of nitro benzene ring substituents is 1. The molecular formula is C18H14F2N2O7. The summed E-state index contributed by atoms with van der Waals surface area (Å²) in [5.74, 6) is -5.43. The van der Waals surface area contributed by atoms with Crippen molar-refractivity contribution in [2.24, 2.45) is 0 Å². The number of esters is 2. The molecule has 0 aliphatic rings. The predicted octanol–water partition coefficient (Wildman–Crippen LogP) is 3.09. The lowest BCUT2D eigenvalue weighted by molar-refractivity contribution is -0.384. The number of methoxy groups -OCH3 is 1. The van der Waals surface area contributed by atoms with Gasteiger partial charge in [-0.15, -0.1) is 0 Å². The summed E-state index contributed by atoms with van der Waals surface area (Å²) in [6, 6.07) is 3.89. The van der Waals surface area contributed by atoms with Crippen molar-refractivity contribution in [3.8, 4) is 0 Å². The van der Waals surface area contributed by atoms with Gasteiger partial charge in [-0.25, -0.2) is 18.4 Å². The van der Waals surface area contributed by atoms with E-state index < -0.39 is 51.3 Å². The van der Waals surface area contributed by atoms with Gasteiger partial charge in [0.2, 0.25) is 0 Å². The van der Waals surface area contributed by atoms with E-state index in [-0.39, 0.29) is 17.7 Å². The average Bonchev–Trinajstić information content (AvgIpc) is 2.69. The topological polar surface area (TPSA) is 125 Å². The van der Waals surface area contributed by atoms with Crippen molar-refractivity contribution in [3.05, 3.63) is 68.8 Å². The van der Waals surface area contributed by atoms with E-state index in [1.807, 2.05) is 0 Å². The fourth-order valence-electron chi connectivity index (χ4n) is 2.29. The van der Waals surface area contributed by atoms with E-state index in [4.69, 9.17) is 4.74 Å². The van der Waals surface area contributed by atoms with E-state index in [0.29, 0.717) is 6.07 Å². The highest BCUT2D eigenvalue weighted by atomic mass is 19.1. The number of hydrogen-bond acceptors (Lipinski definition) is 7. The minimum absolute atomic E-state index is 0.000150. The second kappa shape index (κ2) is 8.87. The zero-order valence-corrected chi connectivity index (χ0v) is 15.2. The Morgan fingerprint density at radius 2 is 1.69 bits per heavy atom. The van der Waals surface area contributed by atoms with Crippen molar-refractivity contribution in [1.29, 1.82) is 0 Å². The van der Waals surface area contributed by atoms with Crippen LogP contribution in [-0.2, 0) is 9.47 Å². The number of hydrogen-bond donors (Lipinski definition) is 1. The fraction of sp³-hybridized carbons (Fsp3) is 0.167. The molecule has 0 saturated carbocycles. The number of nitrogens with one attached hydrogen (secondary N) is 1. The molecule has 2 aromatic carbocycles. The Morgan fingerprint density at radius 3 is 2.28 bits per heavy atom. The fourth-order valence-corrected chi connectivity index (χ4v) is 2.29. The summed E-state index contributed by atoms with van der Waals surface area (Å²) in [5.41, 5.74) is -2.39. The molecule has 0 atom stereocenters. The van der Waals surface area contributed by atoms with Crippen molar-refractivity contribution < 1.29 is 37.6 Å². The van der Waals surface area contributed by atoms with Gasteiger partial charge < -0.3 is 14.8 Å². The van der Waals surface area contributed by atoms with E-state index in [9.17, 15) is 33.3 Å². The normalized spacial score (nSPS) is 10.2. The number of anilines is 1. The van der Waals surface area contributed by atoms with Gasteiger partial charge in [-0.1, -0.05) is 0 Å². The molecule has 0 aliphatic carbocycles. The van der Waals surface area contributed by atoms with Gasteiger partial charge in [-0.05, 0) is 19.1 Å². The van der Waals surface area contributed by atoms with Crippen LogP contribution >= 0.6 is 0 Å². The molecule has 0 unspecified atom stereocenters. The highest BCUT2D eigenvalue weighted by molar-refractivity contribution is 6.06. The van der Waals surface area contributed by atoms with E-state index in [2.05, 4.69) is 10.1 Å². The Morgan fingerprint density at radius 1 is 1.03 bits per heavy atom. The van der Waals surface area contributed by atoms with Crippen LogP contribution in [0.3, 0.4) is 0 Å². The minimum Gasteiger partial charge on any atom is -0.465 e. The van der Waals surface area contributed by atoms with Crippen LogP contribution in [0.4, 0.5) is 20.2 Å². The van der Waals surface area contributed by atoms with E-state index >= 15 is 0 Å². The maximum absolute atomic E-state index is 14.0. The maximum Gasteiger partial charge on any atom is 0.340 e. The number of benzene rings is 2. The molecule has 11 heteroatoms. The monoisotopic (exact) mass is 408 g/mol. The lowest BCUT2D eigenvalue weighted by atomic mass is 10.1. The first kappa shape index (κ1) is 21.4. The van der Waals surface area contributed by atoms with Crippen LogP contribution in [0.25, 0.3) is 0 Å². The van der Waals surface area contributed by atoms with E-state index in [0.717, 1.165) is 31.4 Å². The van der Waals surface area contributed by atoms with E-state index in [1.54, 1.807) is 0 Å². The SMILES string of the molecule is CCOC(=O)c1cc(C(=O)Nc2cc(C(=O)OC)c(F)cc2F)cc([N+](=O)[O-])c1. The summed E-state index contributed by atoms with van der Waals surface area (Å²) in [4.78, 5) is 46.1. The molecule has 2 aromatic rings. The van der Waals surface area contributed by atoms with Crippen LogP contribution in [-0.4, -0.2) is 36.5 Å². The highest BCUT2D eigenvalue weighted by Gasteiger charge is 2.21. The molecule has 1 amide bonds. The maximum atomic E-state index is 14.0. The third-order valence-electron chi connectivity index (χ3n) is 3.61. The summed E-state index contributed by atoms with van der Waals surface area (Å²) < 4.78 is 36.8. The second-order valence-corrected chi connectivity index (χ2v) is 5.50. The number of rotatable bonds is 6. The van der Waals surface area contributed by atoms with Crippen molar-refractivity contribution in [2.75, 3.05) is 19.0 Å². The number of nitro groups is 1. The molecule has 0 bridgehead atoms. The smallest absolute Gasteiger partial charge is 0.340 e. The Labute approximate surface area is 162 Å². The number of nitrogens with zero attached hydrogens (tertiary/aromatic N) is 1. The summed E-state index contributed by atoms with van der Waals surface area (Å²) in [6.45, 7) is 1.53. The highest BCUT2D eigenvalue weighted by Crippen LogP contribution is 2.23. The lowest BCUT2D eigenvalue weighted by Gasteiger charge is -2.10. The number of amides is 1. The first-order chi connectivity index (χ1) is 13.7. The Kier molecular flexibility index (Phi) is 6.55. The van der Waals surface area contributed by atoms with Crippen molar-refractivity contribution in [1.82, 2.24) is 0 Å². The summed E-state index contributed by atoms with van der Waals surface area (Å²) >= 11 is 0. The molecule has 0 aromatic heterocycles. The quantitative estimate of drug-likeness (QED) is 0.442. The molecule has 9 nitrogen and oxygen atoms in total. The van der Waals surface area contributed by atoms with Gasteiger partial charge in [0.1, 0.15) is 11.6 Å². The van der Waals surface area contributed by atoms with Crippen molar-refractivity contribution in [3.63, 3.8) is 0 Å². The van der Waals surface area contributed by atoms with Crippen molar-refractivity contribution >= 4 is 29.2 Å². The first-order valence-corrected chi connectivity index (χ1v) is 8.03. The molecule has 1 N–H and O–H groups in total. The molecule has 0 fully saturated rings. The van der Waals surface area contributed by atoms with Gasteiger partial charge in [0, 0.05) is 23.8 Å². The third kappa shape index (κ3) is 4.89. The van der Waals surface area contributed by atoms with Crippen LogP contribution in [0.5, 0.6) is 0 Å². The molecule has 0 aliphatic heterocycles. The first-order valence-electron chi connectivity index (χ1n) is 8.03. The molecule has 0 radical (unpaired) electrons. The van der Waals surface area contributed by atoms with Gasteiger partial charge in [0.05, 0.1) is 35.5 Å². The van der Waals surface area contributed by atoms with Gasteiger partial charge in [-0.2, -0.15) is 0 Å². The molecule has 29 heavy (non-hydrogen) atoms. The van der Waals surface area contributed by atoms with Crippen molar-refractivity contribution in [2.45, 2.75) is 6.92 Å². The van der Waals surface area contributed by atoms with Crippen LogP contribution in [0.2, 0.25) is 0 Å². The number of carbonyl (C=O) groups excluding carboxylic acids is 3. The lowest BCUT2D eigenvalue weighted by Crippen LogP contribution is -2.16. The summed E-state index contributed by atoms with van der Waals surface area (Å²) in [7, 11) is 0.989. The minimum atomic E-state index is -1.20. The number of carbonyl (C=O) groups is 3. The Bertz CT molecular complexity index is 1010. The molecule has 2 rings (SSSR count). The predicted molar refractivity (Wildman–Crippen MR) is 94.7 cm³/mol. The largest absolute Gasteiger partial charge is 0.465 e. The van der Waals surface area contributed by atoms with Crippen LogP contribution in [0.15, 0.2) is 30.3 Å². The van der Waals surface area contributed by atoms with Crippen LogP contribution in [0, 0.1) is 21.7 Å². The van der Waals surface area contributed by atoms with Crippen LogP contribution in [0.1, 0.15) is 38.0 Å². The molecular weight excluding hydrogens is 394 g/mol. The molecule has 0 heterocycles. The van der Waals surface area contributed by atoms with Crippen LogP contribution < -0.4 is 5.32 Å². The van der Waals surface area contributed by atoms with Gasteiger partial charge in [-0.3, -0.25) is 14.9 Å². The number of non-ortho nitro benzene ring substituents is 1. The van der Waals surface area contributed by atoms with E-state index in [1.165, 1.54) is 6.92 Å². The molecule has 0 spiro atoms.